The van der Waals surface area contributed by atoms with Crippen molar-refractivity contribution < 1.29 is 4.79 Å². The third-order valence-corrected chi connectivity index (χ3v) is 6.53. The average Bonchev–Trinajstić information content (AvgIpc) is 3.40. The van der Waals surface area contributed by atoms with E-state index >= 15 is 0 Å². The molecule has 0 saturated carbocycles. The number of thiazole rings is 1. The molecule has 4 rings (SSSR count). The van der Waals surface area contributed by atoms with Crippen LogP contribution in [0.1, 0.15) is 22.2 Å². The maximum Gasteiger partial charge on any atom is 0.192 e. The molecule has 0 spiro atoms. The molecule has 0 amide bonds. The van der Waals surface area contributed by atoms with E-state index in [9.17, 15) is 10.1 Å². The molecule has 0 aliphatic heterocycles. The number of aryl methyl sites for hydroxylation is 1. The first-order valence-electron chi connectivity index (χ1n) is 9.50. The first kappa shape index (κ1) is 20.9. The van der Waals surface area contributed by atoms with Crippen molar-refractivity contribution in [3.8, 4) is 17.5 Å². The predicted molar refractivity (Wildman–Crippen MR) is 120 cm³/mol. The fourth-order valence-corrected chi connectivity index (χ4v) is 4.71. The molecule has 1 unspecified atom stereocenters. The molecule has 7 nitrogen and oxygen atoms in total. The van der Waals surface area contributed by atoms with Crippen LogP contribution >= 0.6 is 23.1 Å². The molecule has 0 fully saturated rings. The van der Waals surface area contributed by atoms with Crippen molar-refractivity contribution in [2.75, 3.05) is 5.75 Å². The number of carbonyl (C=O) groups excluding carboxylic acids is 1. The zero-order valence-electron chi connectivity index (χ0n) is 16.7. The highest BCUT2D eigenvalue weighted by Gasteiger charge is 2.24. The van der Waals surface area contributed by atoms with E-state index in [4.69, 9.17) is 0 Å². The van der Waals surface area contributed by atoms with E-state index in [0.29, 0.717) is 22.5 Å². The number of pyridine rings is 1. The van der Waals surface area contributed by atoms with E-state index in [1.54, 1.807) is 12.4 Å². The molecule has 1 atom stereocenters. The van der Waals surface area contributed by atoms with Crippen LogP contribution < -0.4 is 0 Å². The number of benzene rings is 1. The lowest BCUT2D eigenvalue weighted by Gasteiger charge is -2.11. The van der Waals surface area contributed by atoms with Crippen LogP contribution in [0, 0.1) is 18.3 Å². The molecule has 0 aliphatic rings. The van der Waals surface area contributed by atoms with Crippen LogP contribution in [0.4, 0.5) is 0 Å². The average molecular weight is 447 g/mol. The number of ketones is 1. The lowest BCUT2D eigenvalue weighted by Crippen LogP contribution is -2.14. The Morgan fingerprint density at radius 3 is 2.65 bits per heavy atom. The topological polar surface area (TPSA) is 97.4 Å². The van der Waals surface area contributed by atoms with Gasteiger partial charge in [-0.15, -0.1) is 21.5 Å². The van der Waals surface area contributed by atoms with Crippen molar-refractivity contribution in [3.05, 3.63) is 76.5 Å². The summed E-state index contributed by atoms with van der Waals surface area (Å²) in [6, 6.07) is 15.8. The summed E-state index contributed by atoms with van der Waals surface area (Å²) in [5, 5.41) is 21.2. The van der Waals surface area contributed by atoms with E-state index in [0.717, 1.165) is 16.8 Å². The van der Waals surface area contributed by atoms with Gasteiger partial charge in [0.1, 0.15) is 5.01 Å². The van der Waals surface area contributed by atoms with Crippen molar-refractivity contribution in [2.24, 2.45) is 0 Å². The highest BCUT2D eigenvalue weighted by atomic mass is 32.2. The number of rotatable bonds is 8. The fraction of sp³-hybridized carbons (Fsp3) is 0.182. The Balaban J connectivity index is 1.58. The fourth-order valence-electron chi connectivity index (χ4n) is 3.01. The van der Waals surface area contributed by atoms with Gasteiger partial charge in [-0.2, -0.15) is 5.26 Å². The molecule has 31 heavy (non-hydrogen) atoms. The molecule has 3 aromatic heterocycles. The smallest absolute Gasteiger partial charge is 0.192 e. The Labute approximate surface area is 187 Å². The largest absolute Gasteiger partial charge is 0.298 e. The number of hydrogen-bond donors (Lipinski definition) is 0. The van der Waals surface area contributed by atoms with Crippen molar-refractivity contribution in [2.45, 2.75) is 24.5 Å². The van der Waals surface area contributed by atoms with Gasteiger partial charge in [0.15, 0.2) is 22.7 Å². The van der Waals surface area contributed by atoms with Gasteiger partial charge in [-0.05, 0) is 24.6 Å². The molecule has 0 aliphatic carbocycles. The molecular weight excluding hydrogens is 428 g/mol. The summed E-state index contributed by atoms with van der Waals surface area (Å²) in [5.41, 5.74) is 2.80. The maximum absolute atomic E-state index is 12.8. The van der Waals surface area contributed by atoms with E-state index in [2.05, 4.69) is 26.2 Å². The summed E-state index contributed by atoms with van der Waals surface area (Å²) < 4.78 is 1.98. The standard InChI is InChI=1S/C22H18N6OS2/c1-15-13-30-21(25-15)18(11-23)19(29)14-31-22-27-26-20(17-7-9-24-10-8-17)28(22)12-16-5-3-2-4-6-16/h2-10,13,18H,12,14H2,1H3. The summed E-state index contributed by atoms with van der Waals surface area (Å²) in [5.74, 6) is -0.244. The minimum absolute atomic E-state index is 0.111. The van der Waals surface area contributed by atoms with Crippen LogP contribution in [0.2, 0.25) is 0 Å². The minimum atomic E-state index is -0.864. The highest BCUT2D eigenvalue weighted by Crippen LogP contribution is 2.27. The molecule has 0 N–H and O–H groups in total. The molecule has 4 aromatic rings. The van der Waals surface area contributed by atoms with Gasteiger partial charge < -0.3 is 0 Å². The zero-order chi connectivity index (χ0) is 21.6. The van der Waals surface area contributed by atoms with E-state index in [1.807, 2.05) is 59.3 Å². The summed E-state index contributed by atoms with van der Waals surface area (Å²) in [7, 11) is 0. The molecule has 0 radical (unpaired) electrons. The monoisotopic (exact) mass is 446 g/mol. The van der Waals surface area contributed by atoms with Crippen LogP contribution in [0.25, 0.3) is 11.4 Å². The number of thioether (sulfide) groups is 1. The lowest BCUT2D eigenvalue weighted by atomic mass is 10.1. The van der Waals surface area contributed by atoms with Gasteiger partial charge in [-0.25, -0.2) is 4.98 Å². The van der Waals surface area contributed by atoms with Crippen molar-refractivity contribution >= 4 is 28.9 Å². The molecule has 9 heteroatoms. The van der Waals surface area contributed by atoms with Gasteiger partial charge in [-0.3, -0.25) is 14.3 Å². The van der Waals surface area contributed by atoms with Gasteiger partial charge in [-0.1, -0.05) is 42.1 Å². The second kappa shape index (κ2) is 9.64. The Hall–Kier alpha value is -3.35. The SMILES string of the molecule is Cc1csc(C(C#N)C(=O)CSc2nnc(-c3ccncc3)n2Cc2ccccc2)n1. The first-order valence-corrected chi connectivity index (χ1v) is 11.4. The summed E-state index contributed by atoms with van der Waals surface area (Å²) in [6.07, 6.45) is 3.42. The Bertz CT molecular complexity index is 1210. The number of nitriles is 1. The van der Waals surface area contributed by atoms with Gasteiger partial charge >= 0.3 is 0 Å². The summed E-state index contributed by atoms with van der Waals surface area (Å²) in [6.45, 7) is 2.41. The Morgan fingerprint density at radius 1 is 1.19 bits per heavy atom. The van der Waals surface area contributed by atoms with Gasteiger partial charge in [0.2, 0.25) is 0 Å². The normalized spacial score (nSPS) is 11.7. The highest BCUT2D eigenvalue weighted by molar-refractivity contribution is 7.99. The number of aromatic nitrogens is 5. The molecule has 3 heterocycles. The third-order valence-electron chi connectivity index (χ3n) is 4.52. The van der Waals surface area contributed by atoms with E-state index in [1.165, 1.54) is 23.1 Å². The van der Waals surface area contributed by atoms with Crippen LogP contribution in [-0.4, -0.2) is 36.3 Å². The third kappa shape index (κ3) is 4.87. The van der Waals surface area contributed by atoms with Gasteiger partial charge in [0, 0.05) is 29.0 Å². The van der Waals surface area contributed by atoms with Crippen molar-refractivity contribution in [1.82, 2.24) is 24.7 Å². The second-order valence-electron chi connectivity index (χ2n) is 6.76. The number of nitrogens with zero attached hydrogens (tertiary/aromatic N) is 6. The zero-order valence-corrected chi connectivity index (χ0v) is 18.3. The Kier molecular flexibility index (Phi) is 6.50. The second-order valence-corrected chi connectivity index (χ2v) is 8.59. The number of carbonyl (C=O) groups is 1. The molecule has 0 bridgehead atoms. The number of Topliss-reactive ketones (excluding diaryl/α,β-unsaturated/α-hetero) is 1. The Morgan fingerprint density at radius 2 is 1.97 bits per heavy atom. The molecule has 0 saturated heterocycles. The molecule has 1 aromatic carbocycles. The minimum Gasteiger partial charge on any atom is -0.298 e. The van der Waals surface area contributed by atoms with Crippen molar-refractivity contribution in [3.63, 3.8) is 0 Å². The maximum atomic E-state index is 12.8. The van der Waals surface area contributed by atoms with Gasteiger partial charge in [0.25, 0.3) is 0 Å². The van der Waals surface area contributed by atoms with E-state index < -0.39 is 5.92 Å². The molecule has 154 valence electrons. The summed E-state index contributed by atoms with van der Waals surface area (Å²) in [4.78, 5) is 21.1. The van der Waals surface area contributed by atoms with Crippen LogP contribution in [0.5, 0.6) is 0 Å². The van der Waals surface area contributed by atoms with Crippen LogP contribution in [0.15, 0.2) is 65.4 Å². The molecular formula is C22H18N6OS2. The van der Waals surface area contributed by atoms with Crippen LogP contribution in [0.3, 0.4) is 0 Å². The number of hydrogen-bond acceptors (Lipinski definition) is 8. The first-order chi connectivity index (χ1) is 15.2. The van der Waals surface area contributed by atoms with E-state index in [-0.39, 0.29) is 11.5 Å². The predicted octanol–water partition coefficient (Wildman–Crippen LogP) is 4.12. The quantitative estimate of drug-likeness (QED) is 0.376. The lowest BCUT2D eigenvalue weighted by molar-refractivity contribution is -0.116. The summed E-state index contributed by atoms with van der Waals surface area (Å²) >= 11 is 2.62. The van der Waals surface area contributed by atoms with Gasteiger partial charge in [0.05, 0.1) is 18.4 Å². The van der Waals surface area contributed by atoms with Crippen LogP contribution in [-0.2, 0) is 11.3 Å². The van der Waals surface area contributed by atoms with Crippen molar-refractivity contribution in [1.29, 1.82) is 5.26 Å².